The SMILES string of the molecule is CCCC(O)CNC(=O)CC(O)c1ccccc1. The van der Waals surface area contributed by atoms with Crippen LogP contribution in [0.3, 0.4) is 0 Å². The number of carbonyl (C=O) groups is 1. The Kier molecular flexibility index (Phi) is 6.39. The molecule has 1 rings (SSSR count). The highest BCUT2D eigenvalue weighted by Crippen LogP contribution is 2.15. The lowest BCUT2D eigenvalue weighted by Crippen LogP contribution is -2.32. The van der Waals surface area contributed by atoms with Crippen LogP contribution in [0.1, 0.15) is 37.9 Å². The van der Waals surface area contributed by atoms with E-state index in [9.17, 15) is 15.0 Å². The molecule has 4 heteroatoms. The minimum absolute atomic E-state index is 0.0167. The van der Waals surface area contributed by atoms with E-state index in [-0.39, 0.29) is 18.9 Å². The van der Waals surface area contributed by atoms with Crippen molar-refractivity contribution >= 4 is 5.91 Å². The Labute approximate surface area is 108 Å². The third kappa shape index (κ3) is 5.29. The molecule has 1 aromatic carbocycles. The number of aliphatic hydroxyl groups excluding tert-OH is 2. The second kappa shape index (κ2) is 7.84. The Bertz CT molecular complexity index is 353. The minimum atomic E-state index is -0.797. The van der Waals surface area contributed by atoms with Crippen LogP contribution in [0.15, 0.2) is 30.3 Å². The molecule has 0 bridgehead atoms. The number of benzene rings is 1. The summed E-state index contributed by atoms with van der Waals surface area (Å²) in [5, 5.41) is 21.9. The first-order valence-electron chi connectivity index (χ1n) is 6.31. The largest absolute Gasteiger partial charge is 0.391 e. The number of nitrogens with one attached hydrogen (secondary N) is 1. The number of hydrogen-bond donors (Lipinski definition) is 3. The Balaban J connectivity index is 2.32. The Morgan fingerprint density at radius 1 is 1.28 bits per heavy atom. The monoisotopic (exact) mass is 251 g/mol. The quantitative estimate of drug-likeness (QED) is 0.686. The van der Waals surface area contributed by atoms with Gasteiger partial charge in [-0.05, 0) is 12.0 Å². The van der Waals surface area contributed by atoms with Crippen LogP contribution in [0.4, 0.5) is 0 Å². The van der Waals surface area contributed by atoms with Crippen LogP contribution >= 0.6 is 0 Å². The van der Waals surface area contributed by atoms with Gasteiger partial charge < -0.3 is 15.5 Å². The molecule has 0 aromatic heterocycles. The molecule has 0 saturated carbocycles. The maximum Gasteiger partial charge on any atom is 0.223 e. The van der Waals surface area contributed by atoms with Gasteiger partial charge in [0.25, 0.3) is 0 Å². The van der Waals surface area contributed by atoms with E-state index in [1.807, 2.05) is 25.1 Å². The Morgan fingerprint density at radius 2 is 1.94 bits per heavy atom. The number of rotatable bonds is 7. The highest BCUT2D eigenvalue weighted by atomic mass is 16.3. The van der Waals surface area contributed by atoms with E-state index in [1.54, 1.807) is 12.1 Å². The molecule has 0 heterocycles. The molecule has 0 radical (unpaired) electrons. The standard InChI is InChI=1S/C14H21NO3/c1-2-6-12(16)10-15-14(18)9-13(17)11-7-4-3-5-8-11/h3-5,7-8,12-13,16-17H,2,6,9-10H2,1H3,(H,15,18). The molecule has 0 aliphatic rings. The van der Waals surface area contributed by atoms with Crippen LogP contribution in [-0.2, 0) is 4.79 Å². The summed E-state index contributed by atoms with van der Waals surface area (Å²) < 4.78 is 0. The molecule has 1 amide bonds. The van der Waals surface area contributed by atoms with E-state index in [1.165, 1.54) is 0 Å². The average molecular weight is 251 g/mol. The summed E-state index contributed by atoms with van der Waals surface area (Å²) in [7, 11) is 0. The van der Waals surface area contributed by atoms with E-state index in [4.69, 9.17) is 0 Å². The lowest BCUT2D eigenvalue weighted by atomic mass is 10.1. The van der Waals surface area contributed by atoms with E-state index in [0.717, 1.165) is 12.0 Å². The van der Waals surface area contributed by atoms with Gasteiger partial charge in [-0.3, -0.25) is 4.79 Å². The van der Waals surface area contributed by atoms with Crippen molar-refractivity contribution in [3.05, 3.63) is 35.9 Å². The lowest BCUT2D eigenvalue weighted by Gasteiger charge is -2.13. The zero-order valence-electron chi connectivity index (χ0n) is 10.7. The van der Waals surface area contributed by atoms with Gasteiger partial charge in [0.1, 0.15) is 0 Å². The Morgan fingerprint density at radius 3 is 2.56 bits per heavy atom. The van der Waals surface area contributed by atoms with Gasteiger partial charge in [0.05, 0.1) is 18.6 Å². The van der Waals surface area contributed by atoms with Crippen molar-refractivity contribution in [1.29, 1.82) is 0 Å². The number of carbonyl (C=O) groups excluding carboxylic acids is 1. The third-order valence-corrected chi connectivity index (χ3v) is 2.72. The maximum absolute atomic E-state index is 11.6. The lowest BCUT2D eigenvalue weighted by molar-refractivity contribution is -0.123. The van der Waals surface area contributed by atoms with Crippen LogP contribution in [0.25, 0.3) is 0 Å². The van der Waals surface area contributed by atoms with Crippen molar-refractivity contribution in [2.45, 2.75) is 38.4 Å². The molecule has 3 N–H and O–H groups in total. The van der Waals surface area contributed by atoms with Crippen molar-refractivity contribution in [2.75, 3.05) is 6.54 Å². The van der Waals surface area contributed by atoms with E-state index < -0.39 is 12.2 Å². The van der Waals surface area contributed by atoms with Crippen molar-refractivity contribution in [3.8, 4) is 0 Å². The first-order valence-corrected chi connectivity index (χ1v) is 6.31. The smallest absolute Gasteiger partial charge is 0.223 e. The average Bonchev–Trinajstić information content (AvgIpc) is 2.38. The van der Waals surface area contributed by atoms with Crippen LogP contribution in [0.2, 0.25) is 0 Å². The minimum Gasteiger partial charge on any atom is -0.391 e. The normalized spacial score (nSPS) is 13.9. The second-order valence-corrected chi connectivity index (χ2v) is 4.38. The molecule has 0 spiro atoms. The highest BCUT2D eigenvalue weighted by molar-refractivity contribution is 5.76. The van der Waals surface area contributed by atoms with Gasteiger partial charge in [0, 0.05) is 6.54 Å². The number of aliphatic hydroxyl groups is 2. The van der Waals surface area contributed by atoms with Gasteiger partial charge in [-0.15, -0.1) is 0 Å². The van der Waals surface area contributed by atoms with E-state index >= 15 is 0 Å². The molecule has 0 aliphatic carbocycles. The molecular formula is C14H21NO3. The molecule has 0 saturated heterocycles. The molecule has 2 unspecified atom stereocenters. The number of hydrogen-bond acceptors (Lipinski definition) is 3. The third-order valence-electron chi connectivity index (χ3n) is 2.72. The summed E-state index contributed by atoms with van der Waals surface area (Å²) in [4.78, 5) is 11.6. The molecular weight excluding hydrogens is 230 g/mol. The second-order valence-electron chi connectivity index (χ2n) is 4.38. The predicted molar refractivity (Wildman–Crippen MR) is 69.9 cm³/mol. The van der Waals surface area contributed by atoms with Crippen molar-refractivity contribution in [1.82, 2.24) is 5.32 Å². The molecule has 18 heavy (non-hydrogen) atoms. The Hall–Kier alpha value is -1.39. The predicted octanol–water partition coefficient (Wildman–Crippen LogP) is 1.39. The fourth-order valence-electron chi connectivity index (χ4n) is 1.71. The summed E-state index contributed by atoms with van der Waals surface area (Å²) in [6.07, 6.45) is 0.260. The summed E-state index contributed by atoms with van der Waals surface area (Å²) in [6.45, 7) is 2.22. The van der Waals surface area contributed by atoms with Gasteiger partial charge in [-0.1, -0.05) is 43.7 Å². The van der Waals surface area contributed by atoms with Crippen molar-refractivity contribution in [3.63, 3.8) is 0 Å². The first-order chi connectivity index (χ1) is 8.63. The van der Waals surface area contributed by atoms with Crippen LogP contribution in [0, 0.1) is 0 Å². The molecule has 0 fully saturated rings. The summed E-state index contributed by atoms with van der Waals surface area (Å²) in [6, 6.07) is 9.06. The molecule has 2 atom stereocenters. The molecule has 0 aliphatic heterocycles. The van der Waals surface area contributed by atoms with Gasteiger partial charge in [0.15, 0.2) is 0 Å². The van der Waals surface area contributed by atoms with E-state index in [2.05, 4.69) is 5.32 Å². The fraction of sp³-hybridized carbons (Fsp3) is 0.500. The summed E-state index contributed by atoms with van der Waals surface area (Å²) in [5.74, 6) is -0.249. The van der Waals surface area contributed by atoms with Crippen LogP contribution < -0.4 is 5.32 Å². The highest BCUT2D eigenvalue weighted by Gasteiger charge is 2.13. The fourth-order valence-corrected chi connectivity index (χ4v) is 1.71. The van der Waals surface area contributed by atoms with E-state index in [0.29, 0.717) is 6.42 Å². The van der Waals surface area contributed by atoms with Crippen molar-refractivity contribution in [2.24, 2.45) is 0 Å². The summed E-state index contributed by atoms with van der Waals surface area (Å²) >= 11 is 0. The zero-order valence-corrected chi connectivity index (χ0v) is 10.7. The van der Waals surface area contributed by atoms with Crippen molar-refractivity contribution < 1.29 is 15.0 Å². The van der Waals surface area contributed by atoms with Gasteiger partial charge >= 0.3 is 0 Å². The number of amides is 1. The molecule has 4 nitrogen and oxygen atoms in total. The van der Waals surface area contributed by atoms with Gasteiger partial charge in [-0.2, -0.15) is 0 Å². The summed E-state index contributed by atoms with van der Waals surface area (Å²) in [5.41, 5.74) is 0.724. The van der Waals surface area contributed by atoms with Crippen LogP contribution in [-0.4, -0.2) is 28.8 Å². The molecule has 1 aromatic rings. The van der Waals surface area contributed by atoms with Gasteiger partial charge in [-0.25, -0.2) is 0 Å². The molecule has 100 valence electrons. The topological polar surface area (TPSA) is 69.6 Å². The zero-order chi connectivity index (χ0) is 13.4. The van der Waals surface area contributed by atoms with Crippen LogP contribution in [0.5, 0.6) is 0 Å². The first kappa shape index (κ1) is 14.7. The maximum atomic E-state index is 11.6. The van der Waals surface area contributed by atoms with Gasteiger partial charge in [0.2, 0.25) is 5.91 Å².